The first-order valence-corrected chi connectivity index (χ1v) is 7.51. The van der Waals surface area contributed by atoms with Crippen molar-refractivity contribution in [2.75, 3.05) is 5.32 Å². The van der Waals surface area contributed by atoms with Crippen LogP contribution in [0.3, 0.4) is 0 Å². The Kier molecular flexibility index (Phi) is 4.68. The molecule has 0 fully saturated rings. The van der Waals surface area contributed by atoms with Gasteiger partial charge in [0.1, 0.15) is 0 Å². The molecule has 0 aliphatic heterocycles. The second kappa shape index (κ2) is 7.24. The largest absolute Gasteiger partial charge is 0.478 e. The number of hydrogen-bond donors (Lipinski definition) is 2. The summed E-state index contributed by atoms with van der Waals surface area (Å²) >= 11 is 0. The maximum Gasteiger partial charge on any atom is 0.337 e. The molecule has 3 aromatic rings. The van der Waals surface area contributed by atoms with Crippen LogP contribution in [0.1, 0.15) is 15.9 Å². The summed E-state index contributed by atoms with van der Waals surface area (Å²) in [6.45, 7) is 0. The number of anilines is 2. The smallest absolute Gasteiger partial charge is 0.337 e. The van der Waals surface area contributed by atoms with Crippen LogP contribution in [0, 0.1) is 0 Å². The van der Waals surface area contributed by atoms with Gasteiger partial charge in [-0.2, -0.15) is 0 Å². The van der Waals surface area contributed by atoms with Crippen LogP contribution in [-0.4, -0.2) is 17.3 Å². The minimum absolute atomic E-state index is 0.183. The van der Waals surface area contributed by atoms with E-state index in [1.165, 1.54) is 0 Å². The Morgan fingerprint density at radius 1 is 0.875 bits per heavy atom. The van der Waals surface area contributed by atoms with Gasteiger partial charge in [0.2, 0.25) is 0 Å². The molecule has 0 aliphatic rings. The van der Waals surface area contributed by atoms with Crippen LogP contribution in [0.25, 0.3) is 0 Å². The molecular weight excluding hydrogens is 300 g/mol. The van der Waals surface area contributed by atoms with E-state index >= 15 is 0 Å². The molecule has 0 radical (unpaired) electrons. The van der Waals surface area contributed by atoms with Crippen LogP contribution in [0.4, 0.5) is 17.1 Å². The number of para-hydroxylation sites is 3. The van der Waals surface area contributed by atoms with Crippen molar-refractivity contribution in [2.24, 2.45) is 4.99 Å². The fourth-order valence-electron chi connectivity index (χ4n) is 2.31. The number of carboxylic acids is 1. The molecule has 0 atom stereocenters. The molecule has 118 valence electrons. The molecule has 4 nitrogen and oxygen atoms in total. The summed E-state index contributed by atoms with van der Waals surface area (Å²) in [5, 5.41) is 12.6. The Labute approximate surface area is 140 Å². The molecule has 0 spiro atoms. The van der Waals surface area contributed by atoms with Gasteiger partial charge in [-0.3, -0.25) is 4.99 Å². The minimum Gasteiger partial charge on any atom is -0.478 e. The van der Waals surface area contributed by atoms with Gasteiger partial charge in [0.25, 0.3) is 0 Å². The summed E-state index contributed by atoms with van der Waals surface area (Å²) in [7, 11) is 0. The van der Waals surface area contributed by atoms with E-state index in [-0.39, 0.29) is 5.56 Å². The molecule has 0 heterocycles. The van der Waals surface area contributed by atoms with Crippen molar-refractivity contribution >= 4 is 29.2 Å². The average Bonchev–Trinajstić information content (AvgIpc) is 2.62. The van der Waals surface area contributed by atoms with Crippen LogP contribution in [0.15, 0.2) is 83.9 Å². The number of hydrogen-bond acceptors (Lipinski definition) is 3. The number of aliphatic imine (C=N–C) groups is 1. The fraction of sp³-hybridized carbons (Fsp3) is 0. The Bertz CT molecular complexity index is 874. The van der Waals surface area contributed by atoms with Crippen molar-refractivity contribution in [3.63, 3.8) is 0 Å². The molecule has 0 bridgehead atoms. The van der Waals surface area contributed by atoms with Gasteiger partial charge in [-0.25, -0.2) is 4.79 Å². The summed E-state index contributed by atoms with van der Waals surface area (Å²) in [6, 6.07) is 24.3. The summed E-state index contributed by atoms with van der Waals surface area (Å²) in [4.78, 5) is 15.6. The van der Waals surface area contributed by atoms with E-state index in [9.17, 15) is 9.90 Å². The lowest BCUT2D eigenvalue weighted by molar-refractivity contribution is 0.0698. The van der Waals surface area contributed by atoms with E-state index in [0.717, 1.165) is 16.9 Å². The molecule has 3 aromatic carbocycles. The summed E-state index contributed by atoms with van der Waals surface area (Å²) < 4.78 is 0. The van der Waals surface area contributed by atoms with Crippen molar-refractivity contribution in [1.29, 1.82) is 0 Å². The van der Waals surface area contributed by atoms with E-state index in [1.807, 2.05) is 54.6 Å². The number of aromatic carboxylic acids is 1. The van der Waals surface area contributed by atoms with Crippen LogP contribution >= 0.6 is 0 Å². The Morgan fingerprint density at radius 3 is 2.33 bits per heavy atom. The molecule has 3 rings (SSSR count). The van der Waals surface area contributed by atoms with Gasteiger partial charge in [-0.1, -0.05) is 48.5 Å². The molecule has 0 aromatic heterocycles. The predicted molar refractivity (Wildman–Crippen MR) is 96.8 cm³/mol. The number of rotatable bonds is 5. The molecule has 0 saturated heterocycles. The van der Waals surface area contributed by atoms with Crippen molar-refractivity contribution < 1.29 is 9.90 Å². The van der Waals surface area contributed by atoms with E-state index < -0.39 is 5.97 Å². The van der Waals surface area contributed by atoms with Crippen LogP contribution in [-0.2, 0) is 0 Å². The van der Waals surface area contributed by atoms with Crippen molar-refractivity contribution in [2.45, 2.75) is 0 Å². The number of benzene rings is 3. The molecule has 0 unspecified atom stereocenters. The Morgan fingerprint density at radius 2 is 1.54 bits per heavy atom. The maximum absolute atomic E-state index is 11.3. The lowest BCUT2D eigenvalue weighted by Gasteiger charge is -2.09. The number of nitrogens with one attached hydrogen (secondary N) is 1. The zero-order valence-electron chi connectivity index (χ0n) is 12.9. The zero-order chi connectivity index (χ0) is 16.8. The van der Waals surface area contributed by atoms with Crippen molar-refractivity contribution in [3.05, 3.63) is 90.0 Å². The normalized spacial score (nSPS) is 10.7. The van der Waals surface area contributed by atoms with Crippen LogP contribution in [0.5, 0.6) is 0 Å². The average molecular weight is 316 g/mol. The second-order valence-corrected chi connectivity index (χ2v) is 5.16. The third-order valence-electron chi connectivity index (χ3n) is 3.49. The molecule has 0 aliphatic carbocycles. The highest BCUT2D eigenvalue weighted by Crippen LogP contribution is 2.22. The lowest BCUT2D eigenvalue weighted by Crippen LogP contribution is -1.97. The zero-order valence-corrected chi connectivity index (χ0v) is 12.9. The standard InChI is InChI=1S/C20H16N2O2/c23-20(24)17-11-5-7-13-19(17)21-14-15-8-4-6-12-18(15)22-16-9-2-1-3-10-16/h1-14,22H,(H,23,24). The van der Waals surface area contributed by atoms with Gasteiger partial charge in [0.05, 0.1) is 11.3 Å². The van der Waals surface area contributed by atoms with Gasteiger partial charge in [-0.05, 0) is 30.3 Å². The van der Waals surface area contributed by atoms with E-state index in [4.69, 9.17) is 0 Å². The van der Waals surface area contributed by atoms with Crippen molar-refractivity contribution in [3.8, 4) is 0 Å². The third kappa shape index (κ3) is 3.67. The second-order valence-electron chi connectivity index (χ2n) is 5.16. The van der Waals surface area contributed by atoms with Gasteiger partial charge >= 0.3 is 5.97 Å². The van der Waals surface area contributed by atoms with E-state index in [1.54, 1.807) is 30.5 Å². The number of carbonyl (C=O) groups is 1. The first-order valence-electron chi connectivity index (χ1n) is 7.51. The molecule has 2 N–H and O–H groups in total. The van der Waals surface area contributed by atoms with Crippen LogP contribution in [0.2, 0.25) is 0 Å². The maximum atomic E-state index is 11.3. The lowest BCUT2D eigenvalue weighted by atomic mass is 10.1. The van der Waals surface area contributed by atoms with Crippen molar-refractivity contribution in [1.82, 2.24) is 0 Å². The minimum atomic E-state index is -0.988. The van der Waals surface area contributed by atoms with Crippen LogP contribution < -0.4 is 5.32 Å². The SMILES string of the molecule is O=C(O)c1ccccc1N=Cc1ccccc1Nc1ccccc1. The first kappa shape index (κ1) is 15.5. The quantitative estimate of drug-likeness (QED) is 0.659. The molecule has 24 heavy (non-hydrogen) atoms. The van der Waals surface area contributed by atoms with Gasteiger partial charge in [-0.15, -0.1) is 0 Å². The highest BCUT2D eigenvalue weighted by molar-refractivity contribution is 5.96. The predicted octanol–water partition coefficient (Wildman–Crippen LogP) is 4.88. The topological polar surface area (TPSA) is 61.7 Å². The summed E-state index contributed by atoms with van der Waals surface area (Å²) in [6.07, 6.45) is 1.67. The van der Waals surface area contributed by atoms with E-state index in [0.29, 0.717) is 5.69 Å². The summed E-state index contributed by atoms with van der Waals surface area (Å²) in [5.41, 5.74) is 3.37. The first-order chi connectivity index (χ1) is 11.7. The fourth-order valence-corrected chi connectivity index (χ4v) is 2.31. The number of carboxylic acid groups (broad SMARTS) is 1. The van der Waals surface area contributed by atoms with Gasteiger partial charge in [0.15, 0.2) is 0 Å². The Balaban J connectivity index is 1.90. The highest BCUT2D eigenvalue weighted by atomic mass is 16.4. The molecule has 4 heteroatoms. The number of nitrogens with zero attached hydrogens (tertiary/aromatic N) is 1. The van der Waals surface area contributed by atoms with E-state index in [2.05, 4.69) is 10.3 Å². The monoisotopic (exact) mass is 316 g/mol. The molecule has 0 amide bonds. The Hall–Kier alpha value is -3.40. The third-order valence-corrected chi connectivity index (χ3v) is 3.49. The molecular formula is C20H16N2O2. The highest BCUT2D eigenvalue weighted by Gasteiger charge is 2.07. The molecule has 0 saturated carbocycles. The van der Waals surface area contributed by atoms with Gasteiger partial charge < -0.3 is 10.4 Å². The van der Waals surface area contributed by atoms with Gasteiger partial charge in [0, 0.05) is 23.2 Å². The summed E-state index contributed by atoms with van der Waals surface area (Å²) in [5.74, 6) is -0.988.